The second-order valence-electron chi connectivity index (χ2n) is 7.00. The summed E-state index contributed by atoms with van der Waals surface area (Å²) in [4.78, 5) is 6.99. The molecule has 1 aliphatic heterocycles. The fourth-order valence-corrected chi connectivity index (χ4v) is 3.49. The predicted molar refractivity (Wildman–Crippen MR) is 114 cm³/mol. The molecule has 2 nitrogen and oxygen atoms in total. The highest BCUT2D eigenvalue weighted by Crippen LogP contribution is 2.39. The van der Waals surface area contributed by atoms with Gasteiger partial charge in [-0.15, -0.1) is 0 Å². The SMILES string of the molecule is CC1=CC(C)(C)N(C)c2cc(C)c(C=Nc3ccc(I)cc3)cc21. The number of aliphatic imine (C=N–C) groups is 1. The van der Waals surface area contributed by atoms with Crippen molar-refractivity contribution in [3.8, 4) is 0 Å². The van der Waals surface area contributed by atoms with Crippen molar-refractivity contribution in [2.75, 3.05) is 11.9 Å². The standard InChI is InChI=1S/C21H23IN2/c1-14-10-20-19(15(2)12-21(3,4)24(20)5)11-16(14)13-23-18-8-6-17(22)7-9-18/h6-13H,1-5H3. The number of hydrogen-bond donors (Lipinski definition) is 0. The molecule has 1 aliphatic rings. The van der Waals surface area contributed by atoms with Crippen LogP contribution in [-0.4, -0.2) is 18.8 Å². The lowest BCUT2D eigenvalue weighted by Gasteiger charge is -2.41. The third-order valence-electron chi connectivity index (χ3n) is 4.78. The van der Waals surface area contributed by atoms with E-state index >= 15 is 0 Å². The largest absolute Gasteiger partial charge is 0.365 e. The summed E-state index contributed by atoms with van der Waals surface area (Å²) in [6.07, 6.45) is 4.32. The van der Waals surface area contributed by atoms with Gasteiger partial charge in [-0.05, 0) is 103 Å². The van der Waals surface area contributed by atoms with E-state index in [0.717, 1.165) is 5.69 Å². The molecule has 0 unspecified atom stereocenters. The first-order chi connectivity index (χ1) is 11.3. The number of rotatable bonds is 2. The zero-order valence-electron chi connectivity index (χ0n) is 14.9. The van der Waals surface area contributed by atoms with Gasteiger partial charge in [-0.25, -0.2) is 0 Å². The summed E-state index contributed by atoms with van der Waals surface area (Å²) in [5.74, 6) is 0. The molecule has 0 N–H and O–H groups in total. The van der Waals surface area contributed by atoms with Gasteiger partial charge in [0, 0.05) is 28.1 Å². The molecule has 0 atom stereocenters. The van der Waals surface area contributed by atoms with Gasteiger partial charge >= 0.3 is 0 Å². The van der Waals surface area contributed by atoms with Crippen LogP contribution in [0.2, 0.25) is 0 Å². The average Bonchev–Trinajstić information content (AvgIpc) is 2.52. The van der Waals surface area contributed by atoms with Crippen LogP contribution in [-0.2, 0) is 0 Å². The molecule has 1 heterocycles. The smallest absolute Gasteiger partial charge is 0.0630 e. The van der Waals surface area contributed by atoms with E-state index < -0.39 is 0 Å². The fraction of sp³-hybridized carbons (Fsp3) is 0.286. The lowest BCUT2D eigenvalue weighted by Crippen LogP contribution is -2.42. The molecular weight excluding hydrogens is 407 g/mol. The lowest BCUT2D eigenvalue weighted by molar-refractivity contribution is 0.597. The van der Waals surface area contributed by atoms with Gasteiger partial charge in [0.1, 0.15) is 0 Å². The predicted octanol–water partition coefficient (Wildman–Crippen LogP) is 5.98. The Labute approximate surface area is 158 Å². The van der Waals surface area contributed by atoms with E-state index in [1.165, 1.54) is 31.5 Å². The normalized spacial score (nSPS) is 16.2. The van der Waals surface area contributed by atoms with Gasteiger partial charge in [0.2, 0.25) is 0 Å². The first-order valence-corrected chi connectivity index (χ1v) is 9.24. The number of anilines is 1. The van der Waals surface area contributed by atoms with Crippen LogP contribution in [0.3, 0.4) is 0 Å². The van der Waals surface area contributed by atoms with Crippen LogP contribution in [0.15, 0.2) is 47.5 Å². The van der Waals surface area contributed by atoms with Crippen molar-refractivity contribution in [2.45, 2.75) is 33.2 Å². The van der Waals surface area contributed by atoms with Crippen molar-refractivity contribution in [3.63, 3.8) is 0 Å². The number of likely N-dealkylation sites (N-methyl/N-ethyl adjacent to an activating group) is 1. The van der Waals surface area contributed by atoms with Gasteiger partial charge in [-0.2, -0.15) is 0 Å². The Kier molecular flexibility index (Phi) is 4.56. The van der Waals surface area contributed by atoms with Crippen LogP contribution in [0.4, 0.5) is 11.4 Å². The summed E-state index contributed by atoms with van der Waals surface area (Å²) in [6, 6.07) is 12.8. The molecule has 0 aromatic heterocycles. The fourth-order valence-electron chi connectivity index (χ4n) is 3.13. The second kappa shape index (κ2) is 6.36. The van der Waals surface area contributed by atoms with Crippen molar-refractivity contribution in [3.05, 3.63) is 62.7 Å². The van der Waals surface area contributed by atoms with Gasteiger partial charge in [0.05, 0.1) is 11.2 Å². The zero-order chi connectivity index (χ0) is 17.5. The highest BCUT2D eigenvalue weighted by atomic mass is 127. The van der Waals surface area contributed by atoms with E-state index in [2.05, 4.69) is 97.6 Å². The molecule has 3 heteroatoms. The molecule has 0 radical (unpaired) electrons. The molecule has 2 aromatic rings. The van der Waals surface area contributed by atoms with E-state index in [0.29, 0.717) is 0 Å². The third-order valence-corrected chi connectivity index (χ3v) is 5.50. The Morgan fingerprint density at radius 2 is 1.75 bits per heavy atom. The Hall–Kier alpha value is -1.62. The summed E-state index contributed by atoms with van der Waals surface area (Å²) >= 11 is 2.31. The molecule has 3 rings (SSSR count). The minimum Gasteiger partial charge on any atom is -0.365 e. The number of nitrogens with zero attached hydrogens (tertiary/aromatic N) is 2. The van der Waals surface area contributed by atoms with Gasteiger partial charge in [0.25, 0.3) is 0 Å². The van der Waals surface area contributed by atoms with E-state index in [1.54, 1.807) is 0 Å². The van der Waals surface area contributed by atoms with Gasteiger partial charge in [-0.1, -0.05) is 6.08 Å². The molecule has 0 aliphatic carbocycles. The molecule has 24 heavy (non-hydrogen) atoms. The number of hydrogen-bond acceptors (Lipinski definition) is 2. The van der Waals surface area contributed by atoms with Crippen molar-refractivity contribution in [1.82, 2.24) is 0 Å². The maximum absolute atomic E-state index is 4.64. The van der Waals surface area contributed by atoms with Crippen molar-refractivity contribution in [2.24, 2.45) is 4.99 Å². The van der Waals surface area contributed by atoms with Crippen LogP contribution < -0.4 is 4.90 Å². The minimum absolute atomic E-state index is 0.0420. The van der Waals surface area contributed by atoms with E-state index in [9.17, 15) is 0 Å². The Balaban J connectivity index is 2.00. The Morgan fingerprint density at radius 1 is 1.08 bits per heavy atom. The molecule has 0 amide bonds. The van der Waals surface area contributed by atoms with Crippen LogP contribution in [0.1, 0.15) is 37.5 Å². The van der Waals surface area contributed by atoms with Crippen molar-refractivity contribution < 1.29 is 0 Å². The summed E-state index contributed by atoms with van der Waals surface area (Å²) in [6.45, 7) is 8.86. The summed E-state index contributed by atoms with van der Waals surface area (Å²) in [5.41, 5.74) is 7.37. The van der Waals surface area contributed by atoms with E-state index in [4.69, 9.17) is 0 Å². The zero-order valence-corrected chi connectivity index (χ0v) is 17.0. The highest BCUT2D eigenvalue weighted by Gasteiger charge is 2.28. The maximum Gasteiger partial charge on any atom is 0.0630 e. The summed E-state index contributed by atoms with van der Waals surface area (Å²) < 4.78 is 1.22. The first kappa shape index (κ1) is 17.2. The monoisotopic (exact) mass is 430 g/mol. The topological polar surface area (TPSA) is 15.6 Å². The van der Waals surface area contributed by atoms with Gasteiger partial charge < -0.3 is 4.90 Å². The number of aryl methyl sites for hydroxylation is 1. The van der Waals surface area contributed by atoms with Crippen LogP contribution in [0, 0.1) is 10.5 Å². The van der Waals surface area contributed by atoms with Gasteiger partial charge in [0.15, 0.2) is 0 Å². The lowest BCUT2D eigenvalue weighted by atomic mass is 9.87. The summed E-state index contributed by atoms with van der Waals surface area (Å²) in [5, 5.41) is 0. The van der Waals surface area contributed by atoms with Crippen molar-refractivity contribution >= 4 is 45.8 Å². The molecule has 0 bridgehead atoms. The molecule has 0 spiro atoms. The van der Waals surface area contributed by atoms with E-state index in [1.807, 2.05) is 18.3 Å². The molecule has 2 aromatic carbocycles. The van der Waals surface area contributed by atoms with Crippen LogP contribution in [0.25, 0.3) is 5.57 Å². The third kappa shape index (κ3) is 3.27. The first-order valence-electron chi connectivity index (χ1n) is 8.16. The minimum atomic E-state index is 0.0420. The highest BCUT2D eigenvalue weighted by molar-refractivity contribution is 14.1. The summed E-state index contributed by atoms with van der Waals surface area (Å²) in [7, 11) is 2.17. The number of benzene rings is 2. The quantitative estimate of drug-likeness (QED) is 0.423. The van der Waals surface area contributed by atoms with Crippen molar-refractivity contribution in [1.29, 1.82) is 0 Å². The van der Waals surface area contributed by atoms with Crippen LogP contribution >= 0.6 is 22.6 Å². The Bertz CT molecular complexity index is 830. The number of allylic oxidation sites excluding steroid dienone is 1. The van der Waals surface area contributed by atoms with Crippen LogP contribution in [0.5, 0.6) is 0 Å². The molecule has 0 fully saturated rings. The Morgan fingerprint density at radius 3 is 2.42 bits per heavy atom. The molecule has 124 valence electrons. The average molecular weight is 430 g/mol. The van der Waals surface area contributed by atoms with E-state index in [-0.39, 0.29) is 5.54 Å². The second-order valence-corrected chi connectivity index (χ2v) is 8.25. The number of halogens is 1. The van der Waals surface area contributed by atoms with Gasteiger partial charge in [-0.3, -0.25) is 4.99 Å². The maximum atomic E-state index is 4.64. The molecule has 0 saturated carbocycles. The molecular formula is C21H23IN2. The number of fused-ring (bicyclic) bond motifs is 1. The molecule has 0 saturated heterocycles.